The largest absolute Gasteiger partial charge is 0.456 e. The normalized spacial score (nSPS) is 12.2. The van der Waals surface area contributed by atoms with Crippen molar-refractivity contribution in [3.05, 3.63) is 127 Å². The Morgan fingerprint density at radius 1 is 0.512 bits per heavy atom. The van der Waals surface area contributed by atoms with Crippen molar-refractivity contribution in [1.82, 2.24) is 14.5 Å². The lowest BCUT2D eigenvalue weighted by Crippen LogP contribution is -2.02. The molecule has 200 valence electrons. The molecule has 0 saturated carbocycles. The van der Waals surface area contributed by atoms with Gasteiger partial charge in [-0.15, -0.1) is 11.3 Å². The third-order valence-corrected chi connectivity index (χ3v) is 9.85. The quantitative estimate of drug-likeness (QED) is 0.209. The zero-order chi connectivity index (χ0) is 28.1. The summed E-state index contributed by atoms with van der Waals surface area (Å²) in [6, 6.07) is 44.5. The molecule has 0 aliphatic rings. The van der Waals surface area contributed by atoms with Crippen LogP contribution in [0.15, 0.2) is 132 Å². The van der Waals surface area contributed by atoms with E-state index in [0.717, 1.165) is 70.6 Å². The molecule has 10 aromatic rings. The molecule has 0 fully saturated rings. The molecule has 0 atom stereocenters. The van der Waals surface area contributed by atoms with Crippen LogP contribution in [0.5, 0.6) is 0 Å². The Kier molecular flexibility index (Phi) is 4.57. The second-order valence-corrected chi connectivity index (χ2v) is 12.0. The maximum atomic E-state index is 6.29. The van der Waals surface area contributed by atoms with Crippen molar-refractivity contribution < 1.29 is 4.42 Å². The zero-order valence-corrected chi connectivity index (χ0v) is 23.6. The molecule has 0 spiro atoms. The first kappa shape index (κ1) is 23.1. The van der Waals surface area contributed by atoms with Crippen molar-refractivity contribution in [2.75, 3.05) is 0 Å². The molecule has 0 N–H and O–H groups in total. The van der Waals surface area contributed by atoms with E-state index in [-0.39, 0.29) is 0 Å². The highest BCUT2D eigenvalue weighted by atomic mass is 32.1. The molecule has 0 aliphatic heterocycles. The molecule has 0 bridgehead atoms. The SMILES string of the molecule is c1ccc(-c2nc(-n3c4ccccc4c4c5c(ccc43)oc3ccccc35)nc3c2sc2c4ccccc4ccc32)cc1. The standard InChI is InChI=1S/C38H21N3OS/c1-2-11-23(12-3-1)34-37-35(27-19-18-22-10-4-5-13-24(22)36(27)43-37)40-38(39-34)41-28-16-8-6-14-25(28)32-29(41)20-21-31-33(32)26-15-7-9-17-30(26)42-31/h1-21H. The van der Waals surface area contributed by atoms with E-state index in [1.54, 1.807) is 11.3 Å². The molecule has 6 aromatic carbocycles. The highest BCUT2D eigenvalue weighted by Gasteiger charge is 2.22. The molecular formula is C38H21N3OS. The van der Waals surface area contributed by atoms with Crippen molar-refractivity contribution in [2.45, 2.75) is 0 Å². The third-order valence-electron chi connectivity index (χ3n) is 8.62. The maximum Gasteiger partial charge on any atom is 0.235 e. The fourth-order valence-electron chi connectivity index (χ4n) is 6.74. The summed E-state index contributed by atoms with van der Waals surface area (Å²) in [7, 11) is 0. The Hall–Kier alpha value is -5.52. The number of rotatable bonds is 2. The first-order valence-electron chi connectivity index (χ1n) is 14.3. The van der Waals surface area contributed by atoms with Crippen molar-refractivity contribution in [1.29, 1.82) is 0 Å². The first-order valence-corrected chi connectivity index (χ1v) is 15.2. The monoisotopic (exact) mass is 567 g/mol. The number of nitrogens with zero attached hydrogens (tertiary/aromatic N) is 3. The van der Waals surface area contributed by atoms with Crippen LogP contribution in [0.2, 0.25) is 0 Å². The number of furan rings is 1. The van der Waals surface area contributed by atoms with E-state index in [1.807, 2.05) is 12.1 Å². The third kappa shape index (κ3) is 3.14. The van der Waals surface area contributed by atoms with Crippen LogP contribution in [0, 0.1) is 0 Å². The van der Waals surface area contributed by atoms with Gasteiger partial charge < -0.3 is 4.42 Å². The molecule has 10 rings (SSSR count). The number of hydrogen-bond acceptors (Lipinski definition) is 4. The Balaban J connectivity index is 1.38. The van der Waals surface area contributed by atoms with Gasteiger partial charge in [0.1, 0.15) is 11.2 Å². The van der Waals surface area contributed by atoms with Gasteiger partial charge in [0.15, 0.2) is 0 Å². The predicted molar refractivity (Wildman–Crippen MR) is 179 cm³/mol. The van der Waals surface area contributed by atoms with Crippen molar-refractivity contribution in [2.24, 2.45) is 0 Å². The van der Waals surface area contributed by atoms with Crippen LogP contribution >= 0.6 is 11.3 Å². The number of hydrogen-bond donors (Lipinski definition) is 0. The zero-order valence-electron chi connectivity index (χ0n) is 22.8. The fourth-order valence-corrected chi connectivity index (χ4v) is 8.03. The number of para-hydroxylation sites is 2. The molecule has 4 aromatic heterocycles. The van der Waals surface area contributed by atoms with Crippen LogP contribution in [-0.2, 0) is 0 Å². The van der Waals surface area contributed by atoms with E-state index in [4.69, 9.17) is 14.4 Å². The highest BCUT2D eigenvalue weighted by Crippen LogP contribution is 2.44. The first-order chi connectivity index (χ1) is 21.3. The van der Waals surface area contributed by atoms with Crippen molar-refractivity contribution in [3.8, 4) is 17.2 Å². The lowest BCUT2D eigenvalue weighted by molar-refractivity contribution is 0.669. The van der Waals surface area contributed by atoms with Crippen molar-refractivity contribution >= 4 is 86.2 Å². The molecule has 0 radical (unpaired) electrons. The van der Waals surface area contributed by atoms with Crippen LogP contribution < -0.4 is 0 Å². The number of aromatic nitrogens is 3. The summed E-state index contributed by atoms with van der Waals surface area (Å²) in [6.07, 6.45) is 0. The van der Waals surface area contributed by atoms with Gasteiger partial charge >= 0.3 is 0 Å². The summed E-state index contributed by atoms with van der Waals surface area (Å²) in [5, 5.41) is 8.18. The minimum absolute atomic E-state index is 0.664. The minimum Gasteiger partial charge on any atom is -0.456 e. The lowest BCUT2D eigenvalue weighted by Gasteiger charge is -2.10. The smallest absolute Gasteiger partial charge is 0.235 e. The summed E-state index contributed by atoms with van der Waals surface area (Å²) in [6.45, 7) is 0. The Labute approximate surface area is 249 Å². The highest BCUT2D eigenvalue weighted by molar-refractivity contribution is 7.27. The van der Waals surface area contributed by atoms with Crippen LogP contribution in [0.3, 0.4) is 0 Å². The Morgan fingerprint density at radius 3 is 2.19 bits per heavy atom. The molecule has 0 saturated heterocycles. The van der Waals surface area contributed by atoms with Gasteiger partial charge in [-0.05, 0) is 35.0 Å². The molecule has 4 heterocycles. The summed E-state index contributed by atoms with van der Waals surface area (Å²) in [5.41, 5.74) is 6.91. The average molecular weight is 568 g/mol. The maximum absolute atomic E-state index is 6.29. The average Bonchev–Trinajstić information content (AvgIpc) is 3.74. The number of thiophene rings is 1. The number of benzene rings is 6. The van der Waals surface area contributed by atoms with Gasteiger partial charge in [0.25, 0.3) is 0 Å². The summed E-state index contributed by atoms with van der Waals surface area (Å²) in [4.78, 5) is 10.7. The molecule has 0 unspecified atom stereocenters. The second kappa shape index (κ2) is 8.51. The molecule has 43 heavy (non-hydrogen) atoms. The second-order valence-electron chi connectivity index (χ2n) is 11.0. The lowest BCUT2D eigenvalue weighted by atomic mass is 10.1. The topological polar surface area (TPSA) is 43.9 Å². The molecule has 0 aliphatic carbocycles. The predicted octanol–water partition coefficient (Wildman–Crippen LogP) is 10.7. The summed E-state index contributed by atoms with van der Waals surface area (Å²) in [5.74, 6) is 0.664. The van der Waals surface area contributed by atoms with Gasteiger partial charge in [-0.25, -0.2) is 9.97 Å². The van der Waals surface area contributed by atoms with E-state index in [1.165, 1.54) is 15.5 Å². The molecule has 4 nitrogen and oxygen atoms in total. The van der Waals surface area contributed by atoms with Gasteiger partial charge in [0.05, 0.1) is 26.9 Å². The Morgan fingerprint density at radius 2 is 1.28 bits per heavy atom. The fraction of sp³-hybridized carbons (Fsp3) is 0. The van der Waals surface area contributed by atoms with Crippen molar-refractivity contribution in [3.63, 3.8) is 0 Å². The Bertz CT molecular complexity index is 2730. The van der Waals surface area contributed by atoms with E-state index in [9.17, 15) is 0 Å². The van der Waals surface area contributed by atoms with E-state index >= 15 is 0 Å². The van der Waals surface area contributed by atoms with E-state index < -0.39 is 0 Å². The molecule has 5 heteroatoms. The van der Waals surface area contributed by atoms with Gasteiger partial charge in [-0.1, -0.05) is 103 Å². The molecular weight excluding hydrogens is 547 g/mol. The van der Waals surface area contributed by atoms with Crippen LogP contribution in [-0.4, -0.2) is 14.5 Å². The van der Waals surface area contributed by atoms with Crippen LogP contribution in [0.4, 0.5) is 0 Å². The van der Waals surface area contributed by atoms with Gasteiger partial charge in [0.2, 0.25) is 5.95 Å². The van der Waals surface area contributed by atoms with Gasteiger partial charge in [0, 0.05) is 37.2 Å². The van der Waals surface area contributed by atoms with E-state index in [2.05, 4.69) is 120 Å². The summed E-state index contributed by atoms with van der Waals surface area (Å²) < 4.78 is 10.9. The van der Waals surface area contributed by atoms with Crippen LogP contribution in [0.1, 0.15) is 0 Å². The summed E-state index contributed by atoms with van der Waals surface area (Å²) >= 11 is 1.78. The number of fused-ring (bicyclic) bond motifs is 12. The minimum atomic E-state index is 0.664. The van der Waals surface area contributed by atoms with E-state index in [0.29, 0.717) is 5.95 Å². The van der Waals surface area contributed by atoms with Crippen LogP contribution in [0.25, 0.3) is 92.0 Å². The van der Waals surface area contributed by atoms with Gasteiger partial charge in [-0.3, -0.25) is 4.57 Å². The molecule has 0 amide bonds. The van der Waals surface area contributed by atoms with Gasteiger partial charge in [-0.2, -0.15) is 0 Å².